The molecule has 0 spiro atoms. The van der Waals surface area contributed by atoms with Crippen LogP contribution in [-0.2, 0) is 11.3 Å². The molecular formula is C17H16N2O7. The van der Waals surface area contributed by atoms with Crippen molar-refractivity contribution in [2.24, 2.45) is 0 Å². The summed E-state index contributed by atoms with van der Waals surface area (Å²) in [5.74, 6) is -0.855. The number of nitrogens with one attached hydrogen (secondary N) is 1. The Labute approximate surface area is 147 Å². The Kier molecular flexibility index (Phi) is 4.29. The molecular weight excluding hydrogens is 344 g/mol. The third-order valence-electron chi connectivity index (χ3n) is 4.07. The average molecular weight is 360 g/mol. The second-order valence-corrected chi connectivity index (χ2v) is 5.45. The minimum Gasteiger partial charge on any atom is -0.494 e. The lowest BCUT2D eigenvalue weighted by molar-refractivity contribution is 0.0446. The number of fused-ring (bicyclic) bond motifs is 1. The maximum Gasteiger partial charge on any atom is 0.343 e. The van der Waals surface area contributed by atoms with E-state index in [2.05, 4.69) is 11.6 Å². The van der Waals surface area contributed by atoms with E-state index in [1.54, 1.807) is 6.07 Å². The fourth-order valence-corrected chi connectivity index (χ4v) is 2.92. The highest BCUT2D eigenvalue weighted by molar-refractivity contribution is 5.98. The molecule has 0 unspecified atom stereocenters. The standard InChI is InChI=1S/C17H16N2O7/c1-4-7-19-15(21)11(14(20)18-17(19)23)12-8-5-6-9(24-2)13(25-3)10(8)16(22)26-12/h4-6,12,21H,1,7H2,2-3H3,(H,18,20,23)/t12-/m1/s1. The van der Waals surface area contributed by atoms with E-state index >= 15 is 0 Å². The van der Waals surface area contributed by atoms with Crippen molar-refractivity contribution in [3.8, 4) is 17.4 Å². The second-order valence-electron chi connectivity index (χ2n) is 5.45. The molecule has 2 heterocycles. The highest BCUT2D eigenvalue weighted by Gasteiger charge is 2.40. The fraction of sp³-hybridized carbons (Fsp3) is 0.235. The highest BCUT2D eigenvalue weighted by Crippen LogP contribution is 2.44. The quantitative estimate of drug-likeness (QED) is 0.595. The number of carbonyl (C=O) groups is 1. The Morgan fingerprint density at radius 3 is 2.65 bits per heavy atom. The highest BCUT2D eigenvalue weighted by atomic mass is 16.6. The number of carbonyl (C=O) groups excluding carboxylic acids is 1. The molecule has 2 aromatic rings. The SMILES string of the molecule is C=CCn1c(O)c([C@@H]2OC(=O)c3c2ccc(OC)c3OC)c(=O)[nH]c1=O. The monoisotopic (exact) mass is 360 g/mol. The van der Waals surface area contributed by atoms with Crippen molar-refractivity contribution in [1.82, 2.24) is 9.55 Å². The van der Waals surface area contributed by atoms with Crippen LogP contribution in [0.4, 0.5) is 0 Å². The van der Waals surface area contributed by atoms with Gasteiger partial charge in [0.15, 0.2) is 17.6 Å². The Morgan fingerprint density at radius 1 is 1.31 bits per heavy atom. The van der Waals surface area contributed by atoms with Crippen LogP contribution >= 0.6 is 0 Å². The van der Waals surface area contributed by atoms with Crippen LogP contribution in [-0.4, -0.2) is 34.8 Å². The van der Waals surface area contributed by atoms with Crippen molar-refractivity contribution >= 4 is 5.97 Å². The summed E-state index contributed by atoms with van der Waals surface area (Å²) in [7, 11) is 2.79. The summed E-state index contributed by atoms with van der Waals surface area (Å²) in [6, 6.07) is 3.09. The summed E-state index contributed by atoms with van der Waals surface area (Å²) in [5.41, 5.74) is -1.50. The lowest BCUT2D eigenvalue weighted by atomic mass is 9.99. The number of aromatic nitrogens is 2. The minimum absolute atomic E-state index is 0.0338. The topological polar surface area (TPSA) is 120 Å². The van der Waals surface area contributed by atoms with Crippen molar-refractivity contribution in [2.45, 2.75) is 12.6 Å². The first-order chi connectivity index (χ1) is 12.4. The van der Waals surface area contributed by atoms with Gasteiger partial charge in [0.25, 0.3) is 5.56 Å². The molecule has 1 aromatic carbocycles. The van der Waals surface area contributed by atoms with E-state index in [4.69, 9.17) is 14.2 Å². The van der Waals surface area contributed by atoms with Gasteiger partial charge in [-0.25, -0.2) is 9.59 Å². The first kappa shape index (κ1) is 17.3. The molecule has 0 amide bonds. The maximum absolute atomic E-state index is 12.4. The van der Waals surface area contributed by atoms with Crippen LogP contribution in [0.1, 0.15) is 27.6 Å². The molecule has 1 atom stereocenters. The molecule has 0 saturated heterocycles. The van der Waals surface area contributed by atoms with E-state index in [-0.39, 0.29) is 23.4 Å². The summed E-state index contributed by atoms with van der Waals surface area (Å²) < 4.78 is 16.6. The number of methoxy groups -OCH3 is 2. The van der Waals surface area contributed by atoms with Crippen LogP contribution in [0.15, 0.2) is 34.4 Å². The van der Waals surface area contributed by atoms with E-state index in [9.17, 15) is 19.5 Å². The first-order valence-corrected chi connectivity index (χ1v) is 7.57. The van der Waals surface area contributed by atoms with Crippen LogP contribution in [0, 0.1) is 0 Å². The molecule has 0 aliphatic carbocycles. The zero-order valence-corrected chi connectivity index (χ0v) is 14.1. The van der Waals surface area contributed by atoms with Crippen molar-refractivity contribution in [3.05, 3.63) is 62.3 Å². The van der Waals surface area contributed by atoms with Gasteiger partial charge in [-0.15, -0.1) is 6.58 Å². The molecule has 136 valence electrons. The lowest BCUT2D eigenvalue weighted by Crippen LogP contribution is -2.33. The number of cyclic esters (lactones) is 1. The molecule has 0 fully saturated rings. The number of H-pyrrole nitrogens is 1. The Balaban J connectivity index is 2.26. The first-order valence-electron chi connectivity index (χ1n) is 7.57. The summed E-state index contributed by atoms with van der Waals surface area (Å²) in [5, 5.41) is 10.4. The maximum atomic E-state index is 12.4. The van der Waals surface area contributed by atoms with Crippen molar-refractivity contribution < 1.29 is 24.1 Å². The van der Waals surface area contributed by atoms with Gasteiger partial charge >= 0.3 is 11.7 Å². The van der Waals surface area contributed by atoms with Gasteiger partial charge in [0.05, 0.1) is 14.2 Å². The van der Waals surface area contributed by atoms with Gasteiger partial charge in [-0.1, -0.05) is 12.1 Å². The predicted molar refractivity (Wildman–Crippen MR) is 90.0 cm³/mol. The molecule has 9 heteroatoms. The number of allylic oxidation sites excluding steroid dienone is 1. The Morgan fingerprint density at radius 2 is 2.04 bits per heavy atom. The third-order valence-corrected chi connectivity index (χ3v) is 4.07. The van der Waals surface area contributed by atoms with Gasteiger partial charge in [0, 0.05) is 12.1 Å². The van der Waals surface area contributed by atoms with E-state index in [0.29, 0.717) is 11.3 Å². The van der Waals surface area contributed by atoms with Crippen LogP contribution in [0.3, 0.4) is 0 Å². The van der Waals surface area contributed by atoms with Gasteiger partial charge in [0.2, 0.25) is 5.88 Å². The zero-order chi connectivity index (χ0) is 19.0. The summed E-state index contributed by atoms with van der Waals surface area (Å²) in [6.07, 6.45) is 0.184. The van der Waals surface area contributed by atoms with Crippen LogP contribution < -0.4 is 20.7 Å². The normalized spacial score (nSPS) is 15.3. The predicted octanol–water partition coefficient (Wildman–Crippen LogP) is 0.705. The molecule has 26 heavy (non-hydrogen) atoms. The van der Waals surface area contributed by atoms with Gasteiger partial charge in [-0.05, 0) is 6.07 Å². The van der Waals surface area contributed by atoms with Gasteiger partial charge in [0.1, 0.15) is 11.1 Å². The number of hydrogen-bond acceptors (Lipinski definition) is 7. The number of aromatic hydroxyl groups is 1. The lowest BCUT2D eigenvalue weighted by Gasteiger charge is -2.15. The molecule has 3 rings (SSSR count). The zero-order valence-electron chi connectivity index (χ0n) is 14.1. The molecule has 1 aromatic heterocycles. The van der Waals surface area contributed by atoms with Crippen molar-refractivity contribution in [1.29, 1.82) is 0 Å². The fourth-order valence-electron chi connectivity index (χ4n) is 2.92. The molecule has 2 N–H and O–H groups in total. The number of benzene rings is 1. The number of esters is 1. The van der Waals surface area contributed by atoms with Crippen LogP contribution in [0.5, 0.6) is 17.4 Å². The number of ether oxygens (including phenoxy) is 3. The molecule has 1 aliphatic rings. The summed E-state index contributed by atoms with van der Waals surface area (Å²) in [4.78, 5) is 38.6. The molecule has 0 saturated carbocycles. The van der Waals surface area contributed by atoms with Crippen LogP contribution in [0.25, 0.3) is 0 Å². The third kappa shape index (κ3) is 2.44. The van der Waals surface area contributed by atoms with E-state index in [1.807, 2.05) is 0 Å². The second kappa shape index (κ2) is 6.43. The Bertz CT molecular complexity index is 1020. The average Bonchev–Trinajstić information content (AvgIpc) is 2.94. The van der Waals surface area contributed by atoms with Crippen LogP contribution in [0.2, 0.25) is 0 Å². The summed E-state index contributed by atoms with van der Waals surface area (Å²) in [6.45, 7) is 3.47. The smallest absolute Gasteiger partial charge is 0.343 e. The van der Waals surface area contributed by atoms with Gasteiger partial charge < -0.3 is 19.3 Å². The molecule has 0 bridgehead atoms. The molecule has 1 aliphatic heterocycles. The number of aromatic amines is 1. The minimum atomic E-state index is -1.20. The van der Waals surface area contributed by atoms with E-state index in [0.717, 1.165) is 4.57 Å². The largest absolute Gasteiger partial charge is 0.494 e. The Hall–Kier alpha value is -3.49. The van der Waals surface area contributed by atoms with E-state index in [1.165, 1.54) is 26.4 Å². The van der Waals surface area contributed by atoms with Gasteiger partial charge in [-0.2, -0.15) is 0 Å². The number of nitrogens with zero attached hydrogens (tertiary/aromatic N) is 1. The van der Waals surface area contributed by atoms with E-state index < -0.39 is 29.2 Å². The summed E-state index contributed by atoms with van der Waals surface area (Å²) >= 11 is 0. The number of rotatable bonds is 5. The van der Waals surface area contributed by atoms with Crippen molar-refractivity contribution in [2.75, 3.05) is 14.2 Å². The molecule has 0 radical (unpaired) electrons. The van der Waals surface area contributed by atoms with Crippen molar-refractivity contribution in [3.63, 3.8) is 0 Å². The van der Waals surface area contributed by atoms with Gasteiger partial charge in [-0.3, -0.25) is 14.3 Å². The molecule has 9 nitrogen and oxygen atoms in total. The number of hydrogen-bond donors (Lipinski definition) is 2.